The highest BCUT2D eigenvalue weighted by molar-refractivity contribution is 5.67. The van der Waals surface area contributed by atoms with Crippen molar-refractivity contribution in [3.63, 3.8) is 0 Å². The van der Waals surface area contributed by atoms with Crippen LogP contribution < -0.4 is 9.47 Å². The van der Waals surface area contributed by atoms with Crippen LogP contribution in [0.5, 0.6) is 11.5 Å². The minimum atomic E-state index is -2.50. The Bertz CT molecular complexity index is 860. The second-order valence-electron chi connectivity index (χ2n) is 6.84. The van der Waals surface area contributed by atoms with Crippen LogP contribution in [-0.4, -0.2) is 44.8 Å². The number of hydrogen-bond acceptors (Lipinski definition) is 4. The zero-order valence-corrected chi connectivity index (χ0v) is 13.3. The van der Waals surface area contributed by atoms with Crippen molar-refractivity contribution in [2.75, 3.05) is 27.7 Å². The molecule has 0 aromatic heterocycles. The van der Waals surface area contributed by atoms with Gasteiger partial charge in [-0.2, -0.15) is 0 Å². The minimum absolute atomic E-state index is 0.298. The third-order valence-corrected chi connectivity index (χ3v) is 6.04. The highest BCUT2D eigenvalue weighted by Crippen LogP contribution is 2.62. The van der Waals surface area contributed by atoms with Gasteiger partial charge in [-0.25, -0.2) is 0 Å². The Morgan fingerprint density at radius 2 is 2.26 bits per heavy atom. The molecular weight excluding hydrogens is 290 g/mol. The largest absolute Gasteiger partial charge is 0.497 e. The first-order chi connectivity index (χ1) is 12.3. The number of ether oxygens (including phenoxy) is 3. The first-order valence-electron chi connectivity index (χ1n) is 9.53. The van der Waals surface area contributed by atoms with E-state index in [1.54, 1.807) is 13.2 Å². The molecule has 5 rings (SSSR count). The highest BCUT2D eigenvalue weighted by atomic mass is 16.6. The topological polar surface area (TPSA) is 30.9 Å². The molecule has 2 heterocycles. The van der Waals surface area contributed by atoms with Gasteiger partial charge in [0.05, 0.1) is 23.7 Å². The van der Waals surface area contributed by atoms with Gasteiger partial charge in [0.25, 0.3) is 0 Å². The Balaban J connectivity index is 1.75. The van der Waals surface area contributed by atoms with Crippen LogP contribution in [0.2, 0.25) is 0 Å². The van der Waals surface area contributed by atoms with E-state index in [1.165, 1.54) is 11.1 Å². The fourth-order valence-corrected chi connectivity index (χ4v) is 5.01. The van der Waals surface area contributed by atoms with Crippen molar-refractivity contribution in [1.82, 2.24) is 4.90 Å². The smallest absolute Gasteiger partial charge is 0.169 e. The summed E-state index contributed by atoms with van der Waals surface area (Å²) in [6, 6.07) is 4.37. The zero-order valence-electron chi connectivity index (χ0n) is 16.3. The van der Waals surface area contributed by atoms with Gasteiger partial charge in [-0.05, 0) is 49.7 Å². The summed E-state index contributed by atoms with van der Waals surface area (Å²) in [6.07, 6.45) is 5.17. The Morgan fingerprint density at radius 1 is 1.35 bits per heavy atom. The van der Waals surface area contributed by atoms with E-state index in [0.717, 1.165) is 30.7 Å². The minimum Gasteiger partial charge on any atom is -0.497 e. The SMILES string of the molecule is [2H]C([2H])([2H])OC1=CC=C2[C@@H]3Cc4ccc(OC)c5c4[C@@]2(CCN3C)[C@H]1O5. The molecule has 23 heavy (non-hydrogen) atoms. The number of rotatable bonds is 2. The fraction of sp³-hybridized carbons (Fsp3) is 0.474. The molecule has 0 radical (unpaired) electrons. The lowest BCUT2D eigenvalue weighted by molar-refractivity contribution is 0.0734. The fourth-order valence-electron chi connectivity index (χ4n) is 5.01. The summed E-state index contributed by atoms with van der Waals surface area (Å²) in [6.45, 7) is 0.930. The standard InChI is InChI=1S/C19H21NO3/c1-20-9-8-19-12-5-7-15(22-3)18(19)23-17-14(21-2)6-4-11(16(17)19)10-13(12)20/h4-7,13,18H,8-10H2,1-3H3/t13-,18-,19-/m0/s1/i3D3. The molecule has 2 aliphatic carbocycles. The van der Waals surface area contributed by atoms with Gasteiger partial charge in [0.2, 0.25) is 0 Å². The maximum absolute atomic E-state index is 7.53. The lowest BCUT2D eigenvalue weighted by atomic mass is 9.57. The van der Waals surface area contributed by atoms with Crippen molar-refractivity contribution in [2.45, 2.75) is 30.4 Å². The van der Waals surface area contributed by atoms with E-state index in [1.807, 2.05) is 6.07 Å². The average Bonchev–Trinajstić information content (AvgIpc) is 2.93. The van der Waals surface area contributed by atoms with Crippen LogP contribution in [0.15, 0.2) is 35.6 Å². The monoisotopic (exact) mass is 314 g/mol. The number of allylic oxidation sites excluding steroid dienone is 2. The van der Waals surface area contributed by atoms with E-state index in [9.17, 15) is 0 Å². The van der Waals surface area contributed by atoms with Gasteiger partial charge in [0.1, 0.15) is 5.76 Å². The van der Waals surface area contributed by atoms with Gasteiger partial charge in [-0.1, -0.05) is 12.1 Å². The van der Waals surface area contributed by atoms with Crippen molar-refractivity contribution < 1.29 is 18.3 Å². The van der Waals surface area contributed by atoms with Crippen LogP contribution in [0.4, 0.5) is 0 Å². The predicted octanol–water partition coefficient (Wildman–Crippen LogP) is 2.42. The summed E-state index contributed by atoms with van der Waals surface area (Å²) in [7, 11) is 1.28. The van der Waals surface area contributed by atoms with Crippen LogP contribution in [0.1, 0.15) is 21.7 Å². The van der Waals surface area contributed by atoms with Crippen LogP contribution in [0, 0.1) is 0 Å². The second-order valence-corrected chi connectivity index (χ2v) is 6.84. The first kappa shape index (κ1) is 10.8. The molecule has 2 aliphatic heterocycles. The molecule has 2 bridgehead atoms. The molecule has 0 amide bonds. The molecule has 0 unspecified atom stereocenters. The maximum atomic E-state index is 7.53. The summed E-state index contributed by atoms with van der Waals surface area (Å²) in [5.41, 5.74) is 3.36. The predicted molar refractivity (Wildman–Crippen MR) is 87.0 cm³/mol. The first-order valence-corrected chi connectivity index (χ1v) is 8.03. The van der Waals surface area contributed by atoms with E-state index < -0.39 is 13.1 Å². The molecule has 3 atom stereocenters. The number of likely N-dealkylation sites (N-methyl/N-ethyl adjacent to an activating group) is 1. The van der Waals surface area contributed by atoms with Crippen LogP contribution in [-0.2, 0) is 16.6 Å². The van der Waals surface area contributed by atoms with Crippen molar-refractivity contribution >= 4 is 0 Å². The average molecular weight is 314 g/mol. The third-order valence-electron chi connectivity index (χ3n) is 6.04. The van der Waals surface area contributed by atoms with Gasteiger partial charge in [0, 0.05) is 11.6 Å². The molecule has 4 nitrogen and oxygen atoms in total. The van der Waals surface area contributed by atoms with Crippen molar-refractivity contribution in [1.29, 1.82) is 0 Å². The molecule has 1 aromatic carbocycles. The number of likely N-dealkylation sites (tertiary alicyclic amines) is 1. The van der Waals surface area contributed by atoms with Crippen LogP contribution in [0.3, 0.4) is 0 Å². The van der Waals surface area contributed by atoms with Crippen LogP contribution >= 0.6 is 0 Å². The molecule has 0 N–H and O–H groups in total. The molecule has 4 heteroatoms. The Labute approximate surface area is 140 Å². The maximum Gasteiger partial charge on any atom is 0.169 e. The molecule has 4 aliphatic rings. The summed E-state index contributed by atoms with van der Waals surface area (Å²) in [4.78, 5) is 2.38. The van der Waals surface area contributed by atoms with Crippen molar-refractivity contribution in [2.24, 2.45) is 0 Å². The number of methoxy groups -OCH3 is 2. The van der Waals surface area contributed by atoms with Gasteiger partial charge in [0.15, 0.2) is 17.6 Å². The number of piperidine rings is 1. The van der Waals surface area contributed by atoms with Crippen molar-refractivity contribution in [3.8, 4) is 11.5 Å². The Hall–Kier alpha value is -1.94. The van der Waals surface area contributed by atoms with Gasteiger partial charge >= 0.3 is 0 Å². The number of hydrogen-bond donors (Lipinski definition) is 0. The van der Waals surface area contributed by atoms with E-state index in [-0.39, 0.29) is 5.41 Å². The highest BCUT2D eigenvalue weighted by Gasteiger charge is 2.61. The molecule has 1 aromatic rings. The van der Waals surface area contributed by atoms with Gasteiger partial charge < -0.3 is 14.2 Å². The van der Waals surface area contributed by atoms with E-state index >= 15 is 0 Å². The molecule has 0 saturated carbocycles. The summed E-state index contributed by atoms with van der Waals surface area (Å²) in [5.74, 6) is 1.81. The summed E-state index contributed by atoms with van der Waals surface area (Å²) >= 11 is 0. The normalized spacial score (nSPS) is 35.8. The zero-order chi connectivity index (χ0) is 18.3. The molecule has 1 saturated heterocycles. The van der Waals surface area contributed by atoms with Crippen molar-refractivity contribution in [3.05, 3.63) is 46.7 Å². The molecule has 1 spiro atoms. The second kappa shape index (κ2) is 4.32. The number of nitrogens with zero attached hydrogens (tertiary/aromatic N) is 1. The lowest BCUT2D eigenvalue weighted by Crippen LogP contribution is -2.58. The molecule has 120 valence electrons. The lowest BCUT2D eigenvalue weighted by Gasteiger charge is -2.52. The Kier molecular flexibility index (Phi) is 2.02. The Morgan fingerprint density at radius 3 is 3.09 bits per heavy atom. The van der Waals surface area contributed by atoms with E-state index in [2.05, 4.69) is 24.1 Å². The van der Waals surface area contributed by atoms with Crippen LogP contribution in [0.25, 0.3) is 0 Å². The third kappa shape index (κ3) is 1.41. The van der Waals surface area contributed by atoms with Gasteiger partial charge in [-0.3, -0.25) is 4.90 Å². The van der Waals surface area contributed by atoms with E-state index in [0.29, 0.717) is 17.6 Å². The summed E-state index contributed by atoms with van der Waals surface area (Å²) in [5, 5.41) is 0. The molecule has 1 fully saturated rings. The quantitative estimate of drug-likeness (QED) is 0.839. The van der Waals surface area contributed by atoms with Gasteiger partial charge in [-0.15, -0.1) is 0 Å². The molecular formula is C19H21NO3. The van der Waals surface area contributed by atoms with E-state index in [4.69, 9.17) is 18.3 Å². The summed E-state index contributed by atoms with van der Waals surface area (Å²) < 4.78 is 39.9. The number of benzene rings is 1.